The Hall–Kier alpha value is -3.78. The normalized spacial score (nSPS) is 14.8. The number of benzene rings is 2. The zero-order valence-corrected chi connectivity index (χ0v) is 18.4. The lowest BCUT2D eigenvalue weighted by molar-refractivity contribution is -0.127. The number of carbonyl (C=O) groups excluding carboxylic acids is 3. The average molecular weight is 448 g/mol. The number of para-hydroxylation sites is 1. The molecule has 1 aliphatic rings. The topological polar surface area (TPSA) is 80.6 Å². The SMILES string of the molecule is COc1ccc(-n2ccc(/C=C3/SC(=O)N(CC(=O)Nc4ccccc4C)C3=O)c2)cc1. The molecule has 1 aromatic heterocycles. The molecule has 2 heterocycles. The fourth-order valence-corrected chi connectivity index (χ4v) is 4.09. The fraction of sp³-hybridized carbons (Fsp3) is 0.125. The molecule has 3 aromatic rings. The highest BCUT2D eigenvalue weighted by molar-refractivity contribution is 8.18. The van der Waals surface area contributed by atoms with E-state index in [9.17, 15) is 14.4 Å². The number of imide groups is 1. The molecule has 4 rings (SSSR count). The monoisotopic (exact) mass is 447 g/mol. The van der Waals surface area contributed by atoms with Crippen molar-refractivity contribution in [3.8, 4) is 11.4 Å². The van der Waals surface area contributed by atoms with E-state index in [1.165, 1.54) is 0 Å². The van der Waals surface area contributed by atoms with Crippen LogP contribution in [0.25, 0.3) is 11.8 Å². The average Bonchev–Trinajstić information content (AvgIpc) is 3.36. The second kappa shape index (κ2) is 9.15. The van der Waals surface area contributed by atoms with Crippen molar-refractivity contribution in [2.24, 2.45) is 0 Å². The zero-order valence-electron chi connectivity index (χ0n) is 17.6. The Morgan fingerprint density at radius 1 is 1.09 bits per heavy atom. The van der Waals surface area contributed by atoms with E-state index >= 15 is 0 Å². The number of nitrogens with one attached hydrogen (secondary N) is 1. The van der Waals surface area contributed by atoms with Gasteiger partial charge >= 0.3 is 0 Å². The maximum absolute atomic E-state index is 12.7. The van der Waals surface area contributed by atoms with Gasteiger partial charge in [-0.2, -0.15) is 0 Å². The van der Waals surface area contributed by atoms with E-state index in [4.69, 9.17) is 4.74 Å². The summed E-state index contributed by atoms with van der Waals surface area (Å²) in [7, 11) is 1.61. The Balaban J connectivity index is 1.45. The van der Waals surface area contributed by atoms with Crippen LogP contribution in [0.1, 0.15) is 11.1 Å². The zero-order chi connectivity index (χ0) is 22.7. The molecule has 0 unspecified atom stereocenters. The van der Waals surface area contributed by atoms with Crippen molar-refractivity contribution in [3.63, 3.8) is 0 Å². The molecule has 32 heavy (non-hydrogen) atoms. The maximum Gasteiger partial charge on any atom is 0.294 e. The molecule has 162 valence electrons. The number of ether oxygens (including phenoxy) is 1. The summed E-state index contributed by atoms with van der Waals surface area (Å²) in [6.07, 6.45) is 5.39. The van der Waals surface area contributed by atoms with E-state index < -0.39 is 17.1 Å². The highest BCUT2D eigenvalue weighted by Crippen LogP contribution is 2.32. The van der Waals surface area contributed by atoms with Crippen molar-refractivity contribution >= 4 is 40.6 Å². The Labute approximate surface area is 189 Å². The van der Waals surface area contributed by atoms with Crippen LogP contribution in [0.5, 0.6) is 5.75 Å². The first-order chi connectivity index (χ1) is 15.4. The highest BCUT2D eigenvalue weighted by atomic mass is 32.2. The van der Waals surface area contributed by atoms with Crippen LogP contribution in [0.2, 0.25) is 0 Å². The second-order valence-corrected chi connectivity index (χ2v) is 8.17. The van der Waals surface area contributed by atoms with E-state index in [0.717, 1.165) is 39.2 Å². The van der Waals surface area contributed by atoms with Crippen molar-refractivity contribution in [2.45, 2.75) is 6.92 Å². The number of rotatable bonds is 6. The predicted molar refractivity (Wildman–Crippen MR) is 125 cm³/mol. The quantitative estimate of drug-likeness (QED) is 0.564. The number of aromatic nitrogens is 1. The standard InChI is InChI=1S/C24H21N3O4S/c1-16-5-3-4-6-20(16)25-22(28)15-27-23(29)21(32-24(27)30)13-17-11-12-26(14-17)18-7-9-19(31-2)10-8-18/h3-14H,15H2,1-2H3,(H,25,28)/b21-13+. The Kier molecular flexibility index (Phi) is 6.13. The van der Waals surface area contributed by atoms with Gasteiger partial charge in [0.05, 0.1) is 12.0 Å². The van der Waals surface area contributed by atoms with Crippen LogP contribution in [-0.2, 0) is 9.59 Å². The summed E-state index contributed by atoms with van der Waals surface area (Å²) in [5, 5.41) is 2.28. The number of hydrogen-bond acceptors (Lipinski definition) is 5. The van der Waals surface area contributed by atoms with E-state index in [1.54, 1.807) is 19.3 Å². The number of hydrogen-bond donors (Lipinski definition) is 1. The van der Waals surface area contributed by atoms with Crippen LogP contribution in [0.15, 0.2) is 71.9 Å². The third kappa shape index (κ3) is 4.60. The van der Waals surface area contributed by atoms with Crippen molar-refractivity contribution in [3.05, 3.63) is 83.0 Å². The molecule has 0 radical (unpaired) electrons. The number of amides is 3. The van der Waals surface area contributed by atoms with Crippen LogP contribution >= 0.6 is 11.8 Å². The van der Waals surface area contributed by atoms with Crippen LogP contribution in [-0.4, -0.2) is 40.2 Å². The summed E-state index contributed by atoms with van der Waals surface area (Å²) in [6.45, 7) is 1.54. The molecule has 7 nitrogen and oxygen atoms in total. The van der Waals surface area contributed by atoms with Crippen molar-refractivity contribution in [1.82, 2.24) is 9.47 Å². The first-order valence-electron chi connectivity index (χ1n) is 9.88. The van der Waals surface area contributed by atoms with Gasteiger partial charge in [0.15, 0.2) is 0 Å². The summed E-state index contributed by atoms with van der Waals surface area (Å²) in [5.74, 6) is -0.132. The largest absolute Gasteiger partial charge is 0.497 e. The van der Waals surface area contributed by atoms with Gasteiger partial charge in [-0.15, -0.1) is 0 Å². The smallest absolute Gasteiger partial charge is 0.294 e. The highest BCUT2D eigenvalue weighted by Gasteiger charge is 2.36. The van der Waals surface area contributed by atoms with Crippen LogP contribution in [0, 0.1) is 6.92 Å². The second-order valence-electron chi connectivity index (χ2n) is 7.18. The third-order valence-electron chi connectivity index (χ3n) is 4.98. The van der Waals surface area contributed by atoms with Crippen LogP contribution in [0.3, 0.4) is 0 Å². The number of carbonyl (C=O) groups is 3. The molecule has 0 spiro atoms. The molecule has 0 atom stereocenters. The van der Waals surface area contributed by atoms with Gasteiger partial charge in [-0.05, 0) is 72.3 Å². The molecule has 1 aliphatic heterocycles. The van der Waals surface area contributed by atoms with E-state index in [2.05, 4.69) is 5.32 Å². The number of thioether (sulfide) groups is 1. The first-order valence-corrected chi connectivity index (χ1v) is 10.7. The lowest BCUT2D eigenvalue weighted by Crippen LogP contribution is -2.36. The number of anilines is 1. The fourth-order valence-electron chi connectivity index (χ4n) is 3.25. The molecule has 0 aliphatic carbocycles. The number of methoxy groups -OCH3 is 1. The van der Waals surface area contributed by atoms with Crippen molar-refractivity contribution in [2.75, 3.05) is 19.0 Å². The van der Waals surface area contributed by atoms with Crippen molar-refractivity contribution in [1.29, 1.82) is 0 Å². The minimum atomic E-state index is -0.475. The van der Waals surface area contributed by atoms with Gasteiger partial charge in [0.25, 0.3) is 11.1 Å². The van der Waals surface area contributed by atoms with Crippen LogP contribution in [0.4, 0.5) is 10.5 Å². The summed E-state index contributed by atoms with van der Waals surface area (Å²) in [6, 6.07) is 16.7. The molecule has 1 saturated heterocycles. The molecule has 8 heteroatoms. The van der Waals surface area contributed by atoms with E-state index in [1.807, 2.05) is 72.4 Å². The molecular formula is C24H21N3O4S. The Morgan fingerprint density at radius 3 is 2.56 bits per heavy atom. The lowest BCUT2D eigenvalue weighted by Gasteiger charge is -2.13. The van der Waals surface area contributed by atoms with Gasteiger partial charge in [0.2, 0.25) is 5.91 Å². The minimum absolute atomic E-state index is 0.283. The summed E-state index contributed by atoms with van der Waals surface area (Å²) in [5.41, 5.74) is 3.26. The summed E-state index contributed by atoms with van der Waals surface area (Å²) < 4.78 is 7.08. The molecule has 1 N–H and O–H groups in total. The van der Waals surface area contributed by atoms with Gasteiger partial charge in [0, 0.05) is 23.8 Å². The Bertz CT molecular complexity index is 1210. The van der Waals surface area contributed by atoms with Gasteiger partial charge < -0.3 is 14.6 Å². The van der Waals surface area contributed by atoms with Crippen LogP contribution < -0.4 is 10.1 Å². The molecule has 1 fully saturated rings. The molecular weight excluding hydrogens is 426 g/mol. The van der Waals surface area contributed by atoms with E-state index in [0.29, 0.717) is 5.69 Å². The molecule has 2 aromatic carbocycles. The molecule has 3 amide bonds. The summed E-state index contributed by atoms with van der Waals surface area (Å²) in [4.78, 5) is 38.7. The maximum atomic E-state index is 12.7. The van der Waals surface area contributed by atoms with Crippen molar-refractivity contribution < 1.29 is 19.1 Å². The minimum Gasteiger partial charge on any atom is -0.497 e. The van der Waals surface area contributed by atoms with Gasteiger partial charge in [0.1, 0.15) is 12.3 Å². The number of nitrogens with zero attached hydrogens (tertiary/aromatic N) is 2. The number of aryl methyl sites for hydroxylation is 1. The van der Waals surface area contributed by atoms with Gasteiger partial charge in [-0.3, -0.25) is 19.3 Å². The van der Waals surface area contributed by atoms with E-state index in [-0.39, 0.29) is 11.4 Å². The summed E-state index contributed by atoms with van der Waals surface area (Å²) >= 11 is 0.831. The molecule has 0 saturated carbocycles. The lowest BCUT2D eigenvalue weighted by atomic mass is 10.2. The Morgan fingerprint density at radius 2 is 1.84 bits per heavy atom. The predicted octanol–water partition coefficient (Wildman–Crippen LogP) is 4.47. The van der Waals surface area contributed by atoms with Gasteiger partial charge in [-0.1, -0.05) is 18.2 Å². The van der Waals surface area contributed by atoms with Gasteiger partial charge in [-0.25, -0.2) is 0 Å². The first kappa shape index (κ1) is 21.5. The third-order valence-corrected chi connectivity index (χ3v) is 5.89. The molecule has 0 bridgehead atoms.